The molecule has 6 nitrogen and oxygen atoms in total. The number of benzene rings is 1. The highest BCUT2D eigenvalue weighted by Gasteiger charge is 2.39. The standard InChI is InChI=1S/C27H39FN4O2/c1-2-3-8-21-9-11-23(12-10-21)31-26(34)27(13-5-4-6-14-27)15-7-16-30-19-25(33)32-20-22(28)17-24(32)18-29/h9-12,22,24,30H,2-8,13-17,19-20H2,1H3,(H,31,34)/t22-,24-/m0/s1. The number of nitrogens with one attached hydrogen (secondary N) is 2. The van der Waals surface area contributed by atoms with Crippen molar-refractivity contribution in [2.45, 2.75) is 89.8 Å². The molecule has 1 aromatic rings. The maximum atomic E-state index is 13.6. The molecule has 0 aromatic heterocycles. The first-order valence-electron chi connectivity index (χ1n) is 12.9. The topological polar surface area (TPSA) is 85.2 Å². The molecule has 0 radical (unpaired) electrons. The number of amides is 2. The molecule has 2 aliphatic rings. The molecule has 1 heterocycles. The molecule has 1 aliphatic heterocycles. The van der Waals surface area contributed by atoms with Gasteiger partial charge in [0.25, 0.3) is 0 Å². The molecule has 1 saturated carbocycles. The van der Waals surface area contributed by atoms with Crippen LogP contribution in [0.1, 0.15) is 76.7 Å². The lowest BCUT2D eigenvalue weighted by Gasteiger charge is -2.36. The summed E-state index contributed by atoms with van der Waals surface area (Å²) < 4.78 is 13.6. The number of hydrogen-bond donors (Lipinski definition) is 2. The number of anilines is 1. The van der Waals surface area contributed by atoms with E-state index in [1.807, 2.05) is 18.2 Å². The SMILES string of the molecule is CCCCc1ccc(NC(=O)C2(CCCNCC(=O)N3C[C@@H](F)C[C@H]3C#N)CCCCC2)cc1. The van der Waals surface area contributed by atoms with E-state index in [9.17, 15) is 14.0 Å². The monoisotopic (exact) mass is 470 g/mol. The van der Waals surface area contributed by atoms with Crippen LogP contribution < -0.4 is 10.6 Å². The van der Waals surface area contributed by atoms with Gasteiger partial charge in [0.05, 0.1) is 19.2 Å². The predicted molar refractivity (Wildman–Crippen MR) is 132 cm³/mol. The third-order valence-corrected chi connectivity index (χ3v) is 7.33. The van der Waals surface area contributed by atoms with Crippen LogP contribution in [0.5, 0.6) is 0 Å². The fraction of sp³-hybridized carbons (Fsp3) is 0.667. The van der Waals surface area contributed by atoms with Crippen LogP contribution >= 0.6 is 0 Å². The van der Waals surface area contributed by atoms with E-state index in [-0.39, 0.29) is 36.7 Å². The lowest BCUT2D eigenvalue weighted by molar-refractivity contribution is -0.130. The van der Waals surface area contributed by atoms with Gasteiger partial charge in [0.15, 0.2) is 0 Å². The van der Waals surface area contributed by atoms with Crippen LogP contribution in [0.15, 0.2) is 24.3 Å². The molecule has 1 saturated heterocycles. The van der Waals surface area contributed by atoms with Crippen LogP contribution in [-0.2, 0) is 16.0 Å². The normalized spacial score (nSPS) is 21.7. The van der Waals surface area contributed by atoms with Crippen molar-refractivity contribution in [3.05, 3.63) is 29.8 Å². The first kappa shape index (κ1) is 26.2. The number of unbranched alkanes of at least 4 members (excludes halogenated alkanes) is 1. The molecule has 7 heteroatoms. The highest BCUT2D eigenvalue weighted by atomic mass is 19.1. The number of carbonyl (C=O) groups excluding carboxylic acids is 2. The summed E-state index contributed by atoms with van der Waals surface area (Å²) in [7, 11) is 0. The van der Waals surface area contributed by atoms with Crippen LogP contribution in [0.2, 0.25) is 0 Å². The molecule has 2 atom stereocenters. The van der Waals surface area contributed by atoms with Gasteiger partial charge in [0.2, 0.25) is 11.8 Å². The second kappa shape index (κ2) is 12.9. The van der Waals surface area contributed by atoms with E-state index < -0.39 is 12.2 Å². The lowest BCUT2D eigenvalue weighted by atomic mass is 9.70. The van der Waals surface area contributed by atoms with Crippen LogP contribution in [0.3, 0.4) is 0 Å². The van der Waals surface area contributed by atoms with Crippen LogP contribution in [0.4, 0.5) is 10.1 Å². The summed E-state index contributed by atoms with van der Waals surface area (Å²) in [6.45, 7) is 2.89. The van der Waals surface area contributed by atoms with Crippen molar-refractivity contribution in [2.75, 3.05) is 25.0 Å². The van der Waals surface area contributed by atoms with Gasteiger partial charge in [-0.15, -0.1) is 0 Å². The zero-order chi connectivity index (χ0) is 24.4. The Hall–Kier alpha value is -2.46. The van der Waals surface area contributed by atoms with Crippen molar-refractivity contribution in [1.82, 2.24) is 10.2 Å². The van der Waals surface area contributed by atoms with E-state index in [0.29, 0.717) is 6.54 Å². The van der Waals surface area contributed by atoms with Gasteiger partial charge in [-0.3, -0.25) is 9.59 Å². The summed E-state index contributed by atoms with van der Waals surface area (Å²) in [5.74, 6) is -0.133. The Labute approximate surface area is 203 Å². The molecule has 0 bridgehead atoms. The van der Waals surface area contributed by atoms with E-state index in [4.69, 9.17) is 5.26 Å². The smallest absolute Gasteiger partial charge is 0.237 e. The molecule has 0 spiro atoms. The summed E-state index contributed by atoms with van der Waals surface area (Å²) in [5, 5.41) is 15.4. The summed E-state index contributed by atoms with van der Waals surface area (Å²) >= 11 is 0. The van der Waals surface area contributed by atoms with Crippen LogP contribution in [0, 0.1) is 16.7 Å². The van der Waals surface area contributed by atoms with Gasteiger partial charge in [-0.1, -0.05) is 44.7 Å². The number of nitriles is 1. The number of carbonyl (C=O) groups is 2. The molecule has 2 fully saturated rings. The quantitative estimate of drug-likeness (QED) is 0.457. The molecule has 34 heavy (non-hydrogen) atoms. The minimum atomic E-state index is -1.12. The summed E-state index contributed by atoms with van der Waals surface area (Å²) in [4.78, 5) is 27.0. The fourth-order valence-corrected chi connectivity index (χ4v) is 5.25. The molecule has 2 N–H and O–H groups in total. The third-order valence-electron chi connectivity index (χ3n) is 7.33. The van der Waals surface area contributed by atoms with Crippen molar-refractivity contribution in [3.63, 3.8) is 0 Å². The Balaban J connectivity index is 1.47. The molecular formula is C27H39FN4O2. The van der Waals surface area contributed by atoms with Gasteiger partial charge in [0, 0.05) is 17.5 Å². The molecule has 0 unspecified atom stereocenters. The highest BCUT2D eigenvalue weighted by Crippen LogP contribution is 2.41. The van der Waals surface area contributed by atoms with E-state index in [1.54, 1.807) is 0 Å². The number of aryl methyl sites for hydroxylation is 1. The Morgan fingerprint density at radius 2 is 1.91 bits per heavy atom. The van der Waals surface area contributed by atoms with E-state index >= 15 is 0 Å². The van der Waals surface area contributed by atoms with Crippen LogP contribution in [-0.4, -0.2) is 48.6 Å². The number of nitrogens with zero attached hydrogens (tertiary/aromatic N) is 2. The number of hydrogen-bond acceptors (Lipinski definition) is 4. The zero-order valence-electron chi connectivity index (χ0n) is 20.5. The molecular weight excluding hydrogens is 431 g/mol. The van der Waals surface area contributed by atoms with E-state index in [2.05, 4.69) is 29.7 Å². The van der Waals surface area contributed by atoms with Crippen molar-refractivity contribution >= 4 is 17.5 Å². The van der Waals surface area contributed by atoms with Crippen molar-refractivity contribution in [3.8, 4) is 6.07 Å². The third kappa shape index (κ3) is 7.02. The van der Waals surface area contributed by atoms with Crippen molar-refractivity contribution in [1.29, 1.82) is 5.26 Å². The number of alkyl halides is 1. The van der Waals surface area contributed by atoms with Gasteiger partial charge in [-0.2, -0.15) is 5.26 Å². The minimum Gasteiger partial charge on any atom is -0.326 e. The van der Waals surface area contributed by atoms with Gasteiger partial charge >= 0.3 is 0 Å². The highest BCUT2D eigenvalue weighted by molar-refractivity contribution is 5.95. The minimum absolute atomic E-state index is 0.00159. The second-order valence-electron chi connectivity index (χ2n) is 9.90. The number of halogens is 1. The Bertz CT molecular complexity index is 845. The molecule has 1 aliphatic carbocycles. The molecule has 186 valence electrons. The summed E-state index contributed by atoms with van der Waals surface area (Å²) in [6, 6.07) is 9.55. The average molecular weight is 471 g/mol. The molecule has 1 aromatic carbocycles. The fourth-order valence-electron chi connectivity index (χ4n) is 5.25. The zero-order valence-corrected chi connectivity index (χ0v) is 20.5. The Kier molecular flexibility index (Phi) is 9.88. The Morgan fingerprint density at radius 1 is 1.18 bits per heavy atom. The van der Waals surface area contributed by atoms with Gasteiger partial charge in [-0.25, -0.2) is 4.39 Å². The molecule has 2 amide bonds. The maximum Gasteiger partial charge on any atom is 0.237 e. The Morgan fingerprint density at radius 3 is 2.59 bits per heavy atom. The first-order valence-corrected chi connectivity index (χ1v) is 12.9. The maximum absolute atomic E-state index is 13.6. The van der Waals surface area contributed by atoms with Gasteiger partial charge < -0.3 is 15.5 Å². The number of likely N-dealkylation sites (tertiary alicyclic amines) is 1. The number of rotatable bonds is 11. The summed E-state index contributed by atoms with van der Waals surface area (Å²) in [6.07, 6.45) is 9.00. The largest absolute Gasteiger partial charge is 0.326 e. The predicted octanol–water partition coefficient (Wildman–Crippen LogP) is 4.75. The van der Waals surface area contributed by atoms with Gasteiger partial charge in [-0.05, 0) is 62.8 Å². The average Bonchev–Trinajstić information content (AvgIpc) is 3.24. The summed E-state index contributed by atoms with van der Waals surface area (Å²) in [5.41, 5.74) is 1.78. The van der Waals surface area contributed by atoms with E-state index in [1.165, 1.54) is 29.7 Å². The van der Waals surface area contributed by atoms with Crippen molar-refractivity contribution < 1.29 is 14.0 Å². The lowest BCUT2D eigenvalue weighted by Crippen LogP contribution is -2.41. The first-order chi connectivity index (χ1) is 16.5. The second-order valence-corrected chi connectivity index (χ2v) is 9.90. The molecule has 3 rings (SSSR count). The van der Waals surface area contributed by atoms with Crippen molar-refractivity contribution in [2.24, 2.45) is 5.41 Å². The van der Waals surface area contributed by atoms with Crippen LogP contribution in [0.25, 0.3) is 0 Å². The van der Waals surface area contributed by atoms with E-state index in [0.717, 1.165) is 50.6 Å². The van der Waals surface area contributed by atoms with Gasteiger partial charge in [0.1, 0.15) is 12.2 Å².